The maximum atomic E-state index is 13.7. The second-order valence-corrected chi connectivity index (χ2v) is 6.93. The van der Waals surface area contributed by atoms with E-state index in [1.54, 1.807) is 12.1 Å². The fraction of sp³-hybridized carbons (Fsp3) is 0.571. The van der Waals surface area contributed by atoms with Crippen LogP contribution in [0.15, 0.2) is 18.2 Å². The number of methoxy groups -OCH3 is 1. The zero-order valence-electron chi connectivity index (χ0n) is 11.3. The molecule has 1 fully saturated rings. The molecule has 0 bridgehead atoms. The third kappa shape index (κ3) is 4.29. The molecule has 0 radical (unpaired) electrons. The summed E-state index contributed by atoms with van der Waals surface area (Å²) in [5.74, 6) is 4.74. The van der Waals surface area contributed by atoms with Crippen LogP contribution in [0.4, 0.5) is 4.39 Å². The first-order chi connectivity index (χ1) is 9.20. The molecule has 1 aromatic carbocycles. The van der Waals surface area contributed by atoms with Crippen LogP contribution in [0.3, 0.4) is 0 Å². The van der Waals surface area contributed by atoms with Gasteiger partial charge in [-0.3, -0.25) is 0 Å². The highest BCUT2D eigenvalue weighted by Crippen LogP contribution is 2.23. The molecule has 0 saturated carbocycles. The smallest absolute Gasteiger partial charge is 0.165 e. The van der Waals surface area contributed by atoms with Gasteiger partial charge in [-0.2, -0.15) is 23.5 Å². The summed E-state index contributed by atoms with van der Waals surface area (Å²) in [5, 5.41) is 3.59. The molecular formula is C14H20FNOS2. The minimum atomic E-state index is -0.293. The summed E-state index contributed by atoms with van der Waals surface area (Å²) < 4.78 is 18.6. The number of ether oxygens (including phenoxy) is 1. The summed E-state index contributed by atoms with van der Waals surface area (Å²) in [6, 6.07) is 5.84. The fourth-order valence-corrected chi connectivity index (χ4v) is 4.54. The third-order valence-electron chi connectivity index (χ3n) is 3.17. The molecule has 1 aromatic rings. The van der Waals surface area contributed by atoms with Crippen molar-refractivity contribution in [2.45, 2.75) is 19.0 Å². The van der Waals surface area contributed by atoms with E-state index in [9.17, 15) is 4.39 Å². The Kier molecular flexibility index (Phi) is 5.85. The van der Waals surface area contributed by atoms with Gasteiger partial charge in [0.2, 0.25) is 0 Å². The first-order valence-corrected chi connectivity index (χ1v) is 8.76. The molecule has 19 heavy (non-hydrogen) atoms. The average Bonchev–Trinajstić information content (AvgIpc) is 2.67. The number of benzene rings is 1. The van der Waals surface area contributed by atoms with E-state index in [0.29, 0.717) is 11.8 Å². The molecule has 0 aromatic heterocycles. The van der Waals surface area contributed by atoms with E-state index in [1.165, 1.54) is 18.6 Å². The minimum absolute atomic E-state index is 0.157. The standard InChI is InChI=1S/C14H20FNOS2/c1-10(16-12-8-18-5-6-19-9-12)11-3-4-14(17-2)13(15)7-11/h3-4,7,10,12,16H,5-6,8-9H2,1-2H3/t10-/m1/s1. The van der Waals surface area contributed by atoms with Crippen LogP contribution in [0.2, 0.25) is 0 Å². The van der Waals surface area contributed by atoms with Crippen molar-refractivity contribution in [3.05, 3.63) is 29.6 Å². The highest BCUT2D eigenvalue weighted by atomic mass is 32.2. The molecule has 0 amide bonds. The molecule has 0 aliphatic carbocycles. The van der Waals surface area contributed by atoms with E-state index in [-0.39, 0.29) is 11.9 Å². The monoisotopic (exact) mass is 301 g/mol. The van der Waals surface area contributed by atoms with Gasteiger partial charge in [-0.25, -0.2) is 4.39 Å². The van der Waals surface area contributed by atoms with Crippen molar-refractivity contribution in [2.24, 2.45) is 0 Å². The Labute approximate surface area is 122 Å². The molecule has 2 nitrogen and oxygen atoms in total. The van der Waals surface area contributed by atoms with Gasteiger partial charge < -0.3 is 10.1 Å². The van der Waals surface area contributed by atoms with Crippen LogP contribution < -0.4 is 10.1 Å². The van der Waals surface area contributed by atoms with Gasteiger partial charge in [-0.05, 0) is 24.6 Å². The maximum absolute atomic E-state index is 13.7. The summed E-state index contributed by atoms with van der Waals surface area (Å²) in [6.07, 6.45) is 0. The largest absolute Gasteiger partial charge is 0.494 e. The van der Waals surface area contributed by atoms with E-state index in [4.69, 9.17) is 4.74 Å². The van der Waals surface area contributed by atoms with Gasteiger partial charge >= 0.3 is 0 Å². The molecule has 5 heteroatoms. The summed E-state index contributed by atoms with van der Waals surface area (Å²) >= 11 is 3.99. The van der Waals surface area contributed by atoms with Gasteiger partial charge in [0.05, 0.1) is 7.11 Å². The minimum Gasteiger partial charge on any atom is -0.494 e. The predicted octanol–water partition coefficient (Wildman–Crippen LogP) is 3.33. The van der Waals surface area contributed by atoms with Gasteiger partial charge in [0.25, 0.3) is 0 Å². The predicted molar refractivity (Wildman–Crippen MR) is 82.9 cm³/mol. The Hall–Kier alpha value is -0.390. The van der Waals surface area contributed by atoms with Crippen molar-refractivity contribution in [1.82, 2.24) is 5.32 Å². The second-order valence-electron chi connectivity index (χ2n) is 4.63. The molecule has 2 rings (SSSR count). The van der Waals surface area contributed by atoms with Crippen LogP contribution in [0, 0.1) is 5.82 Å². The molecule has 1 heterocycles. The lowest BCUT2D eigenvalue weighted by molar-refractivity contribution is 0.385. The number of halogens is 1. The normalized spacial score (nSPS) is 18.9. The van der Waals surface area contributed by atoms with Crippen LogP contribution in [-0.2, 0) is 0 Å². The number of thioether (sulfide) groups is 2. The number of hydrogen-bond acceptors (Lipinski definition) is 4. The Morgan fingerprint density at radius 3 is 2.58 bits per heavy atom. The molecule has 1 atom stereocenters. The highest BCUT2D eigenvalue weighted by Gasteiger charge is 2.17. The van der Waals surface area contributed by atoms with E-state index in [2.05, 4.69) is 12.2 Å². The Bertz CT molecular complexity index is 408. The molecule has 1 saturated heterocycles. The maximum Gasteiger partial charge on any atom is 0.165 e. The number of nitrogens with one attached hydrogen (secondary N) is 1. The zero-order valence-corrected chi connectivity index (χ0v) is 13.0. The van der Waals surface area contributed by atoms with Crippen LogP contribution in [0.1, 0.15) is 18.5 Å². The summed E-state index contributed by atoms with van der Waals surface area (Å²) in [7, 11) is 1.49. The van der Waals surface area contributed by atoms with Crippen LogP contribution >= 0.6 is 23.5 Å². The summed E-state index contributed by atoms with van der Waals surface area (Å²) in [5.41, 5.74) is 0.970. The van der Waals surface area contributed by atoms with Crippen molar-refractivity contribution in [3.63, 3.8) is 0 Å². The molecule has 1 aliphatic heterocycles. The highest BCUT2D eigenvalue weighted by molar-refractivity contribution is 8.03. The van der Waals surface area contributed by atoms with Gasteiger partial charge in [0, 0.05) is 35.1 Å². The van der Waals surface area contributed by atoms with Gasteiger partial charge in [0.15, 0.2) is 11.6 Å². The molecule has 106 valence electrons. The number of hydrogen-bond donors (Lipinski definition) is 1. The fourth-order valence-electron chi connectivity index (χ4n) is 2.12. The van der Waals surface area contributed by atoms with Crippen molar-refractivity contribution in [3.8, 4) is 5.75 Å². The number of rotatable bonds is 4. The molecular weight excluding hydrogens is 281 g/mol. The first-order valence-electron chi connectivity index (χ1n) is 6.45. The van der Waals surface area contributed by atoms with Gasteiger partial charge in [-0.15, -0.1) is 0 Å². The lowest BCUT2D eigenvalue weighted by atomic mass is 10.1. The molecule has 1 N–H and O–H groups in total. The SMILES string of the molecule is COc1ccc([C@@H](C)NC2CSCCSC2)cc1F. The first kappa shape index (κ1) is 15.0. The zero-order chi connectivity index (χ0) is 13.7. The Morgan fingerprint density at radius 1 is 1.32 bits per heavy atom. The van der Waals surface area contributed by atoms with Crippen LogP contribution in [-0.4, -0.2) is 36.2 Å². The Morgan fingerprint density at radius 2 is 2.00 bits per heavy atom. The van der Waals surface area contributed by atoms with Gasteiger partial charge in [0.1, 0.15) is 0 Å². The van der Waals surface area contributed by atoms with Crippen LogP contribution in [0.5, 0.6) is 5.75 Å². The van der Waals surface area contributed by atoms with Gasteiger partial charge in [-0.1, -0.05) is 6.07 Å². The second kappa shape index (κ2) is 7.41. The van der Waals surface area contributed by atoms with E-state index >= 15 is 0 Å². The van der Waals surface area contributed by atoms with Crippen LogP contribution in [0.25, 0.3) is 0 Å². The third-order valence-corrected chi connectivity index (χ3v) is 5.69. The van der Waals surface area contributed by atoms with E-state index in [0.717, 1.165) is 17.1 Å². The quantitative estimate of drug-likeness (QED) is 0.920. The summed E-state index contributed by atoms with van der Waals surface area (Å²) in [6.45, 7) is 2.08. The summed E-state index contributed by atoms with van der Waals surface area (Å²) in [4.78, 5) is 0. The van der Waals surface area contributed by atoms with E-state index < -0.39 is 0 Å². The van der Waals surface area contributed by atoms with E-state index in [1.807, 2.05) is 29.6 Å². The lowest BCUT2D eigenvalue weighted by Gasteiger charge is -2.22. The lowest BCUT2D eigenvalue weighted by Crippen LogP contribution is -2.35. The average molecular weight is 301 g/mol. The van der Waals surface area contributed by atoms with Crippen molar-refractivity contribution >= 4 is 23.5 Å². The molecule has 0 unspecified atom stereocenters. The van der Waals surface area contributed by atoms with Crippen molar-refractivity contribution in [2.75, 3.05) is 30.1 Å². The topological polar surface area (TPSA) is 21.3 Å². The van der Waals surface area contributed by atoms with Crippen molar-refractivity contribution < 1.29 is 9.13 Å². The molecule has 0 spiro atoms. The van der Waals surface area contributed by atoms with Crippen molar-refractivity contribution in [1.29, 1.82) is 0 Å². The molecule has 1 aliphatic rings. The Balaban J connectivity index is 1.98.